The molecule has 1 aliphatic heterocycles. The highest BCUT2D eigenvalue weighted by Crippen LogP contribution is 2.27. The van der Waals surface area contributed by atoms with Gasteiger partial charge < -0.3 is 10.1 Å². The molecule has 0 bridgehead atoms. The van der Waals surface area contributed by atoms with Crippen LogP contribution in [0, 0.1) is 0 Å². The van der Waals surface area contributed by atoms with Crippen LogP contribution < -0.4 is 10.1 Å². The minimum Gasteiger partial charge on any atom is -0.497 e. The van der Waals surface area contributed by atoms with Crippen LogP contribution >= 0.6 is 0 Å². The maximum atomic E-state index is 5.27. The van der Waals surface area contributed by atoms with Crippen molar-refractivity contribution in [2.24, 2.45) is 0 Å². The Bertz CT molecular complexity index is 562. The standard InChI is InChI=1S/C16H18N2O/c1-19-14-5-2-4-12(10-14)16-11-13(7-9-18-16)15-6-3-8-17-15/h2,4-5,7,9-11,15,17H,3,6,8H2,1H3/t15-/m1/s1. The summed E-state index contributed by atoms with van der Waals surface area (Å²) in [6.07, 6.45) is 4.35. The van der Waals surface area contributed by atoms with Crippen molar-refractivity contribution in [2.45, 2.75) is 18.9 Å². The van der Waals surface area contributed by atoms with Gasteiger partial charge in [-0.25, -0.2) is 0 Å². The van der Waals surface area contributed by atoms with Crippen LogP contribution in [0.3, 0.4) is 0 Å². The zero-order chi connectivity index (χ0) is 13.1. The first-order chi connectivity index (χ1) is 9.36. The summed E-state index contributed by atoms with van der Waals surface area (Å²) < 4.78 is 5.27. The van der Waals surface area contributed by atoms with Crippen LogP contribution in [0.2, 0.25) is 0 Å². The molecular weight excluding hydrogens is 236 g/mol. The lowest BCUT2D eigenvalue weighted by atomic mass is 10.0. The summed E-state index contributed by atoms with van der Waals surface area (Å²) in [5.74, 6) is 0.865. The topological polar surface area (TPSA) is 34.1 Å². The molecule has 19 heavy (non-hydrogen) atoms. The first-order valence-electron chi connectivity index (χ1n) is 6.70. The van der Waals surface area contributed by atoms with Crippen LogP contribution in [0.15, 0.2) is 42.6 Å². The molecule has 1 N–H and O–H groups in total. The Balaban J connectivity index is 1.93. The molecule has 1 aromatic heterocycles. The predicted octanol–water partition coefficient (Wildman–Crippen LogP) is 3.18. The van der Waals surface area contributed by atoms with E-state index in [1.807, 2.05) is 24.4 Å². The number of pyridine rings is 1. The summed E-state index contributed by atoms with van der Waals surface area (Å²) >= 11 is 0. The zero-order valence-electron chi connectivity index (χ0n) is 11.1. The van der Waals surface area contributed by atoms with Gasteiger partial charge in [0.25, 0.3) is 0 Å². The van der Waals surface area contributed by atoms with Crippen molar-refractivity contribution in [2.75, 3.05) is 13.7 Å². The van der Waals surface area contributed by atoms with Gasteiger partial charge in [-0.1, -0.05) is 12.1 Å². The molecule has 0 radical (unpaired) electrons. The van der Waals surface area contributed by atoms with Gasteiger partial charge in [-0.05, 0) is 49.2 Å². The molecule has 0 aliphatic carbocycles. The number of hydrogen-bond acceptors (Lipinski definition) is 3. The maximum Gasteiger partial charge on any atom is 0.119 e. The highest BCUT2D eigenvalue weighted by molar-refractivity contribution is 5.61. The van der Waals surface area contributed by atoms with Gasteiger partial charge in [-0.15, -0.1) is 0 Å². The fourth-order valence-electron chi connectivity index (χ4n) is 2.57. The highest BCUT2D eigenvalue weighted by Gasteiger charge is 2.16. The molecule has 0 unspecified atom stereocenters. The summed E-state index contributed by atoms with van der Waals surface area (Å²) in [6.45, 7) is 1.11. The molecule has 3 heteroatoms. The van der Waals surface area contributed by atoms with E-state index in [0.717, 1.165) is 23.6 Å². The van der Waals surface area contributed by atoms with Crippen LogP contribution in [0.25, 0.3) is 11.3 Å². The molecule has 0 spiro atoms. The molecule has 1 aromatic carbocycles. The summed E-state index contributed by atoms with van der Waals surface area (Å²) in [6, 6.07) is 12.8. The maximum absolute atomic E-state index is 5.27. The van der Waals surface area contributed by atoms with Gasteiger partial charge in [0.1, 0.15) is 5.75 Å². The number of nitrogens with zero attached hydrogens (tertiary/aromatic N) is 1. The molecule has 1 fully saturated rings. The molecule has 3 rings (SSSR count). The third-order valence-corrected chi connectivity index (χ3v) is 3.61. The molecule has 0 amide bonds. The number of hydrogen-bond donors (Lipinski definition) is 1. The molecule has 3 nitrogen and oxygen atoms in total. The molecule has 2 heterocycles. The number of aromatic nitrogens is 1. The van der Waals surface area contributed by atoms with Crippen molar-refractivity contribution in [3.05, 3.63) is 48.2 Å². The van der Waals surface area contributed by atoms with Crippen molar-refractivity contribution >= 4 is 0 Å². The van der Waals surface area contributed by atoms with E-state index in [9.17, 15) is 0 Å². The van der Waals surface area contributed by atoms with Crippen molar-refractivity contribution in [1.82, 2.24) is 10.3 Å². The van der Waals surface area contributed by atoms with Crippen molar-refractivity contribution in [3.8, 4) is 17.0 Å². The van der Waals surface area contributed by atoms with Gasteiger partial charge in [-0.3, -0.25) is 4.98 Å². The van der Waals surface area contributed by atoms with Gasteiger partial charge >= 0.3 is 0 Å². The molecule has 2 aromatic rings. The minimum atomic E-state index is 0.479. The summed E-state index contributed by atoms with van der Waals surface area (Å²) in [5.41, 5.74) is 3.43. The molecule has 1 atom stereocenters. The Morgan fingerprint density at radius 3 is 3.00 bits per heavy atom. The summed E-state index contributed by atoms with van der Waals surface area (Å²) in [4.78, 5) is 4.47. The second-order valence-electron chi connectivity index (χ2n) is 4.86. The van der Waals surface area contributed by atoms with Crippen LogP contribution in [-0.2, 0) is 0 Å². The second-order valence-corrected chi connectivity index (χ2v) is 4.86. The monoisotopic (exact) mass is 254 g/mol. The fourth-order valence-corrected chi connectivity index (χ4v) is 2.57. The third-order valence-electron chi connectivity index (χ3n) is 3.61. The Labute approximate surface area is 113 Å². The van der Waals surface area contributed by atoms with E-state index >= 15 is 0 Å². The number of nitrogens with one attached hydrogen (secondary N) is 1. The van der Waals surface area contributed by atoms with E-state index < -0.39 is 0 Å². The molecule has 1 aliphatic rings. The molecule has 98 valence electrons. The fraction of sp³-hybridized carbons (Fsp3) is 0.312. The van der Waals surface area contributed by atoms with E-state index in [4.69, 9.17) is 4.74 Å². The van der Waals surface area contributed by atoms with E-state index in [0.29, 0.717) is 6.04 Å². The average molecular weight is 254 g/mol. The van der Waals surface area contributed by atoms with Crippen LogP contribution in [0.4, 0.5) is 0 Å². The summed E-state index contributed by atoms with van der Waals surface area (Å²) in [7, 11) is 1.69. The van der Waals surface area contributed by atoms with E-state index in [2.05, 4.69) is 28.5 Å². The van der Waals surface area contributed by atoms with Gasteiger partial charge in [0.05, 0.1) is 12.8 Å². The lowest BCUT2D eigenvalue weighted by Crippen LogP contribution is -2.12. The van der Waals surface area contributed by atoms with Crippen molar-refractivity contribution in [1.29, 1.82) is 0 Å². The number of benzene rings is 1. The second kappa shape index (κ2) is 5.41. The van der Waals surface area contributed by atoms with Crippen LogP contribution in [0.5, 0.6) is 5.75 Å². The van der Waals surface area contributed by atoms with Crippen LogP contribution in [0.1, 0.15) is 24.4 Å². The largest absolute Gasteiger partial charge is 0.497 e. The number of rotatable bonds is 3. The lowest BCUT2D eigenvalue weighted by molar-refractivity contribution is 0.415. The van der Waals surface area contributed by atoms with Gasteiger partial charge in [-0.2, -0.15) is 0 Å². The van der Waals surface area contributed by atoms with Crippen molar-refractivity contribution in [3.63, 3.8) is 0 Å². The minimum absolute atomic E-state index is 0.479. The smallest absolute Gasteiger partial charge is 0.119 e. The van der Waals surface area contributed by atoms with Gasteiger partial charge in [0.15, 0.2) is 0 Å². The normalized spacial score (nSPS) is 18.5. The molecule has 0 saturated carbocycles. The van der Waals surface area contributed by atoms with E-state index in [1.165, 1.54) is 18.4 Å². The summed E-state index contributed by atoms with van der Waals surface area (Å²) in [5, 5.41) is 3.52. The first kappa shape index (κ1) is 12.2. The van der Waals surface area contributed by atoms with Crippen molar-refractivity contribution < 1.29 is 4.74 Å². The Morgan fingerprint density at radius 2 is 2.21 bits per heavy atom. The predicted molar refractivity (Wildman–Crippen MR) is 76.2 cm³/mol. The van der Waals surface area contributed by atoms with Gasteiger partial charge in [0, 0.05) is 17.8 Å². The number of ether oxygens (including phenoxy) is 1. The van der Waals surface area contributed by atoms with E-state index in [-0.39, 0.29) is 0 Å². The highest BCUT2D eigenvalue weighted by atomic mass is 16.5. The first-order valence-corrected chi connectivity index (χ1v) is 6.70. The third kappa shape index (κ3) is 2.61. The van der Waals surface area contributed by atoms with E-state index in [1.54, 1.807) is 7.11 Å². The Kier molecular flexibility index (Phi) is 3.47. The molecular formula is C16H18N2O. The Morgan fingerprint density at radius 1 is 1.26 bits per heavy atom. The molecule has 1 saturated heterocycles. The average Bonchev–Trinajstić information content (AvgIpc) is 3.02. The Hall–Kier alpha value is -1.87. The van der Waals surface area contributed by atoms with Crippen LogP contribution in [-0.4, -0.2) is 18.6 Å². The number of methoxy groups -OCH3 is 1. The zero-order valence-corrected chi connectivity index (χ0v) is 11.1. The lowest BCUT2D eigenvalue weighted by Gasteiger charge is -2.12. The van der Waals surface area contributed by atoms with Gasteiger partial charge in [0.2, 0.25) is 0 Å². The SMILES string of the molecule is COc1cccc(-c2cc([C@H]3CCCN3)ccn2)c1. The quantitative estimate of drug-likeness (QED) is 0.913.